The maximum atomic E-state index is 9.69. The van der Waals surface area contributed by atoms with Crippen molar-refractivity contribution in [3.05, 3.63) is 17.7 Å². The third-order valence-corrected chi connectivity index (χ3v) is 2.68. The van der Waals surface area contributed by atoms with Gasteiger partial charge in [-0.15, -0.1) is 5.10 Å². The number of nitrogen functional groups attached to an aromatic ring is 1. The van der Waals surface area contributed by atoms with Crippen LogP contribution in [-0.2, 0) is 6.54 Å². The molecule has 0 amide bonds. The molecule has 20 heavy (non-hydrogen) atoms. The van der Waals surface area contributed by atoms with E-state index in [0.29, 0.717) is 30.4 Å². The molecule has 0 spiro atoms. The molecule has 0 saturated heterocycles. The molecule has 1 atom stereocenters. The highest BCUT2D eigenvalue weighted by molar-refractivity contribution is 5.32. The van der Waals surface area contributed by atoms with Gasteiger partial charge in [0.25, 0.3) is 0 Å². The van der Waals surface area contributed by atoms with E-state index >= 15 is 0 Å². The molecule has 108 valence electrons. The molecule has 0 aromatic carbocycles. The summed E-state index contributed by atoms with van der Waals surface area (Å²) in [7, 11) is 3.65. The Morgan fingerprint density at radius 3 is 2.75 bits per heavy atom. The van der Waals surface area contributed by atoms with Gasteiger partial charge in [-0.3, -0.25) is 0 Å². The minimum absolute atomic E-state index is 0.160. The summed E-state index contributed by atoms with van der Waals surface area (Å²) in [5.74, 6) is 1.14. The summed E-state index contributed by atoms with van der Waals surface area (Å²) in [6.07, 6.45) is 1.65. The molecule has 3 N–H and O–H groups in total. The largest absolute Gasteiger partial charge is 0.387 e. The van der Waals surface area contributed by atoms with Crippen LogP contribution in [0.15, 0.2) is 6.20 Å². The Morgan fingerprint density at radius 1 is 1.35 bits per heavy atom. The summed E-state index contributed by atoms with van der Waals surface area (Å²) in [6.45, 7) is 2.19. The number of nitrogens with zero attached hydrogens (tertiary/aromatic N) is 7. The number of nitrogens with two attached hydrogens (primary N) is 1. The lowest BCUT2D eigenvalue weighted by atomic mass is 10.2. The van der Waals surface area contributed by atoms with Gasteiger partial charge in [-0.1, -0.05) is 12.1 Å². The monoisotopic (exact) mass is 278 g/mol. The summed E-state index contributed by atoms with van der Waals surface area (Å²) in [5, 5.41) is 17.5. The molecule has 0 aliphatic heterocycles. The van der Waals surface area contributed by atoms with Crippen LogP contribution in [0.25, 0.3) is 0 Å². The molecular formula is C11H18N8O. The standard InChI is InChI=1S/C11H18N8O/c1-4-8(20)7-5-19(17-16-7)6-9-13-10(12)15-11(14-9)18(2)3/h5,8,20H,4,6H2,1-3H3,(H2,12,13,14,15). The van der Waals surface area contributed by atoms with Crippen molar-refractivity contribution in [2.75, 3.05) is 24.7 Å². The lowest BCUT2D eigenvalue weighted by Crippen LogP contribution is -2.17. The normalized spacial score (nSPS) is 12.4. The second kappa shape index (κ2) is 5.78. The number of hydrogen-bond acceptors (Lipinski definition) is 8. The van der Waals surface area contributed by atoms with Gasteiger partial charge in [0, 0.05) is 14.1 Å². The van der Waals surface area contributed by atoms with Gasteiger partial charge in [0.2, 0.25) is 11.9 Å². The van der Waals surface area contributed by atoms with Crippen molar-refractivity contribution < 1.29 is 5.11 Å². The second-order valence-corrected chi connectivity index (χ2v) is 4.57. The number of aliphatic hydroxyl groups is 1. The first kappa shape index (κ1) is 14.1. The van der Waals surface area contributed by atoms with Crippen molar-refractivity contribution in [2.24, 2.45) is 0 Å². The number of rotatable bonds is 5. The van der Waals surface area contributed by atoms with Crippen molar-refractivity contribution in [3.8, 4) is 0 Å². The fourth-order valence-corrected chi connectivity index (χ4v) is 1.59. The van der Waals surface area contributed by atoms with Crippen molar-refractivity contribution in [1.82, 2.24) is 29.9 Å². The van der Waals surface area contributed by atoms with Crippen LogP contribution in [0.1, 0.15) is 31.0 Å². The van der Waals surface area contributed by atoms with E-state index in [-0.39, 0.29) is 5.95 Å². The lowest BCUT2D eigenvalue weighted by molar-refractivity contribution is 0.168. The molecule has 0 aliphatic carbocycles. The van der Waals surface area contributed by atoms with Gasteiger partial charge in [-0.05, 0) is 6.42 Å². The third-order valence-electron chi connectivity index (χ3n) is 2.68. The average Bonchev–Trinajstić information content (AvgIpc) is 2.85. The zero-order chi connectivity index (χ0) is 14.7. The number of aliphatic hydroxyl groups excluding tert-OH is 1. The van der Waals surface area contributed by atoms with Crippen LogP contribution < -0.4 is 10.6 Å². The summed E-state index contributed by atoms with van der Waals surface area (Å²) in [5.41, 5.74) is 6.18. The van der Waals surface area contributed by atoms with Crippen LogP contribution in [0, 0.1) is 0 Å². The van der Waals surface area contributed by atoms with E-state index in [9.17, 15) is 5.11 Å². The molecule has 9 heteroatoms. The van der Waals surface area contributed by atoms with E-state index in [0.717, 1.165) is 0 Å². The molecule has 1 unspecified atom stereocenters. The van der Waals surface area contributed by atoms with Gasteiger partial charge < -0.3 is 15.7 Å². The number of hydrogen-bond donors (Lipinski definition) is 2. The Balaban J connectivity index is 2.19. The van der Waals surface area contributed by atoms with Gasteiger partial charge in [-0.25, -0.2) is 4.68 Å². The SMILES string of the molecule is CCC(O)c1cn(Cc2nc(N)nc(N(C)C)n2)nn1. The van der Waals surface area contributed by atoms with Crippen LogP contribution in [0.4, 0.5) is 11.9 Å². The van der Waals surface area contributed by atoms with Gasteiger partial charge >= 0.3 is 0 Å². The Kier molecular flexibility index (Phi) is 4.08. The molecule has 0 radical (unpaired) electrons. The van der Waals surface area contributed by atoms with Crippen LogP contribution in [-0.4, -0.2) is 49.1 Å². The molecule has 0 aliphatic rings. The van der Waals surface area contributed by atoms with Crippen LogP contribution in [0.5, 0.6) is 0 Å². The first-order valence-corrected chi connectivity index (χ1v) is 6.25. The zero-order valence-corrected chi connectivity index (χ0v) is 11.7. The average molecular weight is 278 g/mol. The number of anilines is 2. The molecule has 2 aromatic heterocycles. The first-order chi connectivity index (χ1) is 9.49. The fourth-order valence-electron chi connectivity index (χ4n) is 1.59. The predicted octanol–water partition coefficient (Wildman–Crippen LogP) is -0.397. The summed E-state index contributed by atoms with van der Waals surface area (Å²) in [4.78, 5) is 14.1. The van der Waals surface area contributed by atoms with Crippen molar-refractivity contribution >= 4 is 11.9 Å². The second-order valence-electron chi connectivity index (χ2n) is 4.57. The Labute approximate surface area is 116 Å². The highest BCUT2D eigenvalue weighted by Crippen LogP contribution is 2.12. The Hall–Kier alpha value is -2.29. The lowest BCUT2D eigenvalue weighted by Gasteiger charge is -2.11. The first-order valence-electron chi connectivity index (χ1n) is 6.25. The molecule has 9 nitrogen and oxygen atoms in total. The molecule has 0 bridgehead atoms. The van der Waals surface area contributed by atoms with Crippen molar-refractivity contribution in [1.29, 1.82) is 0 Å². The fraction of sp³-hybridized carbons (Fsp3) is 0.545. The smallest absolute Gasteiger partial charge is 0.229 e. The van der Waals surface area contributed by atoms with Gasteiger partial charge in [-0.2, -0.15) is 15.0 Å². The van der Waals surface area contributed by atoms with E-state index in [2.05, 4.69) is 25.3 Å². The van der Waals surface area contributed by atoms with Gasteiger partial charge in [0.1, 0.15) is 12.2 Å². The zero-order valence-electron chi connectivity index (χ0n) is 11.7. The van der Waals surface area contributed by atoms with Crippen LogP contribution in [0.2, 0.25) is 0 Å². The van der Waals surface area contributed by atoms with E-state index in [1.54, 1.807) is 15.8 Å². The van der Waals surface area contributed by atoms with Crippen LogP contribution >= 0.6 is 0 Å². The minimum atomic E-state index is -0.607. The van der Waals surface area contributed by atoms with Gasteiger partial charge in [0.05, 0.1) is 12.3 Å². The van der Waals surface area contributed by atoms with Gasteiger partial charge in [0.15, 0.2) is 5.82 Å². The van der Waals surface area contributed by atoms with Crippen LogP contribution in [0.3, 0.4) is 0 Å². The van der Waals surface area contributed by atoms with Crippen molar-refractivity contribution in [3.63, 3.8) is 0 Å². The molecular weight excluding hydrogens is 260 g/mol. The molecule has 0 saturated carbocycles. The highest BCUT2D eigenvalue weighted by atomic mass is 16.3. The Bertz CT molecular complexity index is 582. The summed E-state index contributed by atoms with van der Waals surface area (Å²) < 4.78 is 1.56. The molecule has 2 heterocycles. The summed E-state index contributed by atoms with van der Waals surface area (Å²) >= 11 is 0. The predicted molar refractivity (Wildman–Crippen MR) is 72.9 cm³/mol. The maximum Gasteiger partial charge on any atom is 0.229 e. The third kappa shape index (κ3) is 3.18. The van der Waals surface area contributed by atoms with E-state index in [4.69, 9.17) is 5.73 Å². The quantitative estimate of drug-likeness (QED) is 0.758. The van der Waals surface area contributed by atoms with E-state index in [1.165, 1.54) is 0 Å². The topological polar surface area (TPSA) is 119 Å². The Morgan fingerprint density at radius 2 is 2.10 bits per heavy atom. The molecule has 0 fully saturated rings. The van der Waals surface area contributed by atoms with E-state index in [1.807, 2.05) is 21.0 Å². The molecule has 2 aromatic rings. The summed E-state index contributed by atoms with van der Waals surface area (Å²) in [6, 6.07) is 0. The van der Waals surface area contributed by atoms with E-state index < -0.39 is 6.10 Å². The highest BCUT2D eigenvalue weighted by Gasteiger charge is 2.12. The van der Waals surface area contributed by atoms with Crippen molar-refractivity contribution in [2.45, 2.75) is 26.0 Å². The minimum Gasteiger partial charge on any atom is -0.387 e. The maximum absolute atomic E-state index is 9.69. The number of aromatic nitrogens is 6. The molecule has 2 rings (SSSR count).